The number of nitrogens with one attached hydrogen (secondary N) is 2. The molecule has 0 radical (unpaired) electrons. The molecule has 7 aromatic rings. The van der Waals surface area contributed by atoms with Gasteiger partial charge in [-0.25, -0.2) is 0 Å². The van der Waals surface area contributed by atoms with Gasteiger partial charge < -0.3 is 14.7 Å². The Hall–Kier alpha value is -3.64. The van der Waals surface area contributed by atoms with Crippen LogP contribution in [0, 0.1) is 47.3 Å². The molecule has 0 bridgehead atoms. The van der Waals surface area contributed by atoms with Crippen LogP contribution in [-0.4, -0.2) is 18.1 Å². The Kier molecular flexibility index (Phi) is 109. The van der Waals surface area contributed by atoms with Gasteiger partial charge in [0.25, 0.3) is 0 Å². The summed E-state index contributed by atoms with van der Waals surface area (Å²) in [7, 11) is 0. The van der Waals surface area contributed by atoms with E-state index in [4.69, 9.17) is 4.42 Å². The molecule has 2 aliphatic carbocycles. The fourth-order valence-corrected chi connectivity index (χ4v) is 6.55. The highest BCUT2D eigenvalue weighted by Gasteiger charge is 2.24. The molecule has 5 heterocycles. The van der Waals surface area contributed by atoms with E-state index in [1.54, 1.807) is 28.9 Å². The SMILES string of the molecule is C1CCCC1.C1CCNC1.CC.CC.CC.CC.CC.CC.CC.CC(C)C.CC(C)C.CC(C)C.CC(C)C.CC(C)C.CC(C)C.CC(C)C1CC1.c1ccc2[nH]ccc2c1.c1ccc2occc2c1.c1ccc2sccc2c1.c1ccsc1. The van der Waals surface area contributed by atoms with Crippen molar-refractivity contribution in [3.8, 4) is 0 Å². The van der Waals surface area contributed by atoms with Crippen LogP contribution < -0.4 is 5.32 Å². The lowest BCUT2D eigenvalue weighted by atomic mass is 10.1. The lowest BCUT2D eigenvalue weighted by Gasteiger charge is -1.94. The third kappa shape index (κ3) is 105. The van der Waals surface area contributed by atoms with Crippen molar-refractivity contribution in [2.24, 2.45) is 47.3 Å². The van der Waals surface area contributed by atoms with E-state index in [0.717, 1.165) is 58.3 Å². The Balaban J connectivity index is -0.0000000905. The molecule has 3 aromatic carbocycles. The van der Waals surface area contributed by atoms with Crippen LogP contribution in [0.4, 0.5) is 0 Å². The molecule has 0 atom stereocenters. The largest absolute Gasteiger partial charge is 0.464 e. The number of H-pyrrole nitrogens is 1. The van der Waals surface area contributed by atoms with Crippen LogP contribution >= 0.6 is 22.7 Å². The summed E-state index contributed by atoms with van der Waals surface area (Å²) in [5.41, 5.74) is 2.16. The van der Waals surface area contributed by atoms with Gasteiger partial charge in [0, 0.05) is 21.8 Å². The summed E-state index contributed by atoms with van der Waals surface area (Å²) in [6.45, 7) is 74.1. The molecule has 508 valence electrons. The molecule has 3 fully saturated rings. The molecular formula is C81H156N2OS2. The maximum Gasteiger partial charge on any atom is 0.133 e. The quantitative estimate of drug-likeness (QED) is 0.172. The second kappa shape index (κ2) is 90.1. The number of rotatable bonds is 1. The molecule has 1 saturated heterocycles. The second-order valence-corrected chi connectivity index (χ2v) is 24.7. The number of benzene rings is 3. The minimum Gasteiger partial charge on any atom is -0.464 e. The molecule has 0 unspecified atom stereocenters. The van der Waals surface area contributed by atoms with Crippen molar-refractivity contribution in [1.29, 1.82) is 0 Å². The van der Waals surface area contributed by atoms with Gasteiger partial charge in [-0.2, -0.15) is 11.3 Å². The fraction of sp³-hybridized carbons (Fsp3) is 0.654. The Morgan fingerprint density at radius 3 is 1.00 bits per heavy atom. The number of fused-ring (bicyclic) bond motifs is 3. The monoisotopic (exact) mass is 1240 g/mol. The lowest BCUT2D eigenvalue weighted by Crippen LogP contribution is -2.03. The van der Waals surface area contributed by atoms with Gasteiger partial charge in [-0.05, 0) is 149 Å². The molecular weight excluding hydrogens is 1080 g/mol. The summed E-state index contributed by atoms with van der Waals surface area (Å²) in [5.74, 6) is 7.06. The first-order valence-corrected chi connectivity index (χ1v) is 37.0. The van der Waals surface area contributed by atoms with E-state index in [0.29, 0.717) is 0 Å². The van der Waals surface area contributed by atoms with E-state index in [-0.39, 0.29) is 0 Å². The van der Waals surface area contributed by atoms with Crippen molar-refractivity contribution >= 4 is 54.6 Å². The van der Waals surface area contributed by atoms with Crippen molar-refractivity contribution in [2.75, 3.05) is 13.1 Å². The highest BCUT2D eigenvalue weighted by molar-refractivity contribution is 7.17. The number of para-hydroxylation sites is 2. The van der Waals surface area contributed by atoms with E-state index < -0.39 is 0 Å². The molecule has 3 aliphatic rings. The highest BCUT2D eigenvalue weighted by atomic mass is 32.1. The van der Waals surface area contributed by atoms with Gasteiger partial charge >= 0.3 is 0 Å². The Bertz CT molecular complexity index is 1680. The average molecular weight is 1240 g/mol. The Morgan fingerprint density at radius 1 is 0.360 bits per heavy atom. The number of hydrogen-bond acceptors (Lipinski definition) is 4. The number of aromatic amines is 1. The van der Waals surface area contributed by atoms with Gasteiger partial charge in [0.15, 0.2) is 0 Å². The summed E-state index contributed by atoms with van der Waals surface area (Å²) >= 11 is 3.50. The zero-order chi connectivity index (χ0) is 69.0. The van der Waals surface area contributed by atoms with Gasteiger partial charge in [0.05, 0.1) is 6.26 Å². The van der Waals surface area contributed by atoms with Crippen molar-refractivity contribution in [1.82, 2.24) is 10.3 Å². The average Bonchev–Trinajstić information content (AvgIpc) is 4.42. The minimum absolute atomic E-state index is 0.833. The summed E-state index contributed by atoms with van der Waals surface area (Å²) in [5, 5.41) is 13.2. The van der Waals surface area contributed by atoms with Gasteiger partial charge in [-0.15, -0.1) is 11.3 Å². The van der Waals surface area contributed by atoms with Gasteiger partial charge in [0.1, 0.15) is 5.58 Å². The summed E-state index contributed by atoms with van der Waals surface area (Å²) < 4.78 is 6.49. The van der Waals surface area contributed by atoms with Crippen LogP contribution in [0.25, 0.3) is 32.0 Å². The minimum atomic E-state index is 0.833. The van der Waals surface area contributed by atoms with E-state index in [2.05, 4.69) is 203 Å². The van der Waals surface area contributed by atoms with Crippen molar-refractivity contribution < 1.29 is 4.42 Å². The van der Waals surface area contributed by atoms with Crippen LogP contribution in [0.2, 0.25) is 0 Å². The fourth-order valence-electron chi connectivity index (χ4n) is 5.31. The molecule has 1 aliphatic heterocycles. The molecule has 0 spiro atoms. The van der Waals surface area contributed by atoms with Crippen LogP contribution in [0.5, 0.6) is 0 Å². The lowest BCUT2D eigenvalue weighted by molar-refractivity contribution is 0.563. The zero-order valence-electron chi connectivity index (χ0n) is 64.3. The summed E-state index contributed by atoms with van der Waals surface area (Å²) in [4.78, 5) is 3.12. The number of thiophene rings is 2. The summed E-state index contributed by atoms with van der Waals surface area (Å²) in [6, 6.07) is 34.8. The van der Waals surface area contributed by atoms with Crippen molar-refractivity contribution in [3.63, 3.8) is 0 Å². The van der Waals surface area contributed by atoms with E-state index in [1.807, 2.05) is 168 Å². The molecule has 0 amide bonds. The standard InChI is InChI=1S/C8H7N.C8H6O.C8H6S.C6H12.C5H10.C4H9N.C4H4S.6C4H10.7C2H6/c3*1-2-4-8-7(3-1)5-6-9-8;1-5(2)6-3-4-6;3*1-2-4-5-3-1;6*1-4(2)3;7*1-2/h1-6,9H;2*1-6H;5-6H,3-4H2,1-2H3;1-5H2;5H,1-4H2;1-4H;6*4H,1-3H3;7*1-2H3. The first kappa shape index (κ1) is 104. The first-order valence-electron chi connectivity index (χ1n) is 35.1. The molecule has 3 nitrogen and oxygen atoms in total. The van der Waals surface area contributed by atoms with Gasteiger partial charge in [-0.1, -0.05) is 334 Å². The smallest absolute Gasteiger partial charge is 0.133 e. The molecule has 10 rings (SSSR count). The van der Waals surface area contributed by atoms with Crippen LogP contribution in [-0.2, 0) is 0 Å². The summed E-state index contributed by atoms with van der Waals surface area (Å²) in [6.07, 6.45) is 16.9. The van der Waals surface area contributed by atoms with E-state index in [1.165, 1.54) is 91.9 Å². The van der Waals surface area contributed by atoms with Gasteiger partial charge in [0.2, 0.25) is 0 Å². The Labute approximate surface area is 551 Å². The highest BCUT2D eigenvalue weighted by Crippen LogP contribution is 2.35. The van der Waals surface area contributed by atoms with Crippen LogP contribution in [0.15, 0.2) is 136 Å². The molecule has 4 aromatic heterocycles. The van der Waals surface area contributed by atoms with E-state index in [9.17, 15) is 0 Å². The first-order chi connectivity index (χ1) is 41.1. The molecule has 86 heavy (non-hydrogen) atoms. The van der Waals surface area contributed by atoms with Crippen LogP contribution in [0.1, 0.15) is 293 Å². The number of furan rings is 1. The Morgan fingerprint density at radius 2 is 0.709 bits per heavy atom. The molecule has 5 heteroatoms. The zero-order valence-corrected chi connectivity index (χ0v) is 66.0. The van der Waals surface area contributed by atoms with E-state index >= 15 is 0 Å². The third-order valence-electron chi connectivity index (χ3n) is 8.38. The van der Waals surface area contributed by atoms with Crippen molar-refractivity contribution in [2.45, 2.75) is 293 Å². The van der Waals surface area contributed by atoms with Crippen molar-refractivity contribution in [3.05, 3.63) is 132 Å². The third-order valence-corrected chi connectivity index (χ3v) is 9.91. The maximum absolute atomic E-state index is 5.12. The molecule has 2 saturated carbocycles. The number of aromatic nitrogens is 1. The topological polar surface area (TPSA) is 41.0 Å². The van der Waals surface area contributed by atoms with Crippen LogP contribution in [0.3, 0.4) is 0 Å². The normalized spacial score (nSPS) is 11.0. The predicted molar refractivity (Wildman–Crippen MR) is 416 cm³/mol. The predicted octanol–water partition coefficient (Wildman–Crippen LogP) is 30.8. The second-order valence-electron chi connectivity index (χ2n) is 23.0. The number of hydrogen-bond donors (Lipinski definition) is 2. The molecule has 2 N–H and O–H groups in total. The van der Waals surface area contributed by atoms with Gasteiger partial charge in [-0.3, -0.25) is 0 Å². The maximum atomic E-state index is 5.12.